The van der Waals surface area contributed by atoms with E-state index in [2.05, 4.69) is 23.2 Å². The van der Waals surface area contributed by atoms with Gasteiger partial charge in [0.25, 0.3) is 0 Å². The number of carbonyl (C=O) groups is 2. The van der Waals surface area contributed by atoms with E-state index in [1.54, 1.807) is 18.4 Å². The van der Waals surface area contributed by atoms with E-state index in [1.165, 1.54) is 0 Å². The molecule has 0 saturated carbocycles. The summed E-state index contributed by atoms with van der Waals surface area (Å²) in [5.41, 5.74) is 7.92. The lowest BCUT2D eigenvalue weighted by atomic mass is 9.96. The molecule has 2 N–H and O–H groups in total. The average molecular weight is 759 g/mol. The molecule has 3 aromatic heterocycles. The molecular weight excluding hydrogens is 717 g/mol. The number of thiazole rings is 1. The van der Waals surface area contributed by atoms with E-state index in [4.69, 9.17) is 42.9 Å². The van der Waals surface area contributed by atoms with Crippen LogP contribution in [-0.2, 0) is 29.0 Å². The second kappa shape index (κ2) is 15.9. The van der Waals surface area contributed by atoms with Crippen molar-refractivity contribution in [3.63, 3.8) is 0 Å². The lowest BCUT2D eigenvalue weighted by molar-refractivity contribution is -0.138. The molecule has 270 valence electrons. The van der Waals surface area contributed by atoms with Gasteiger partial charge >= 0.3 is 5.97 Å². The van der Waals surface area contributed by atoms with Crippen molar-refractivity contribution in [1.82, 2.24) is 25.2 Å². The monoisotopic (exact) mass is 757 g/mol. The Kier molecular flexibility index (Phi) is 11.1. The van der Waals surface area contributed by atoms with Gasteiger partial charge in [0, 0.05) is 60.3 Å². The normalized spacial score (nSPS) is 17.6. The zero-order valence-electron chi connectivity index (χ0n) is 29.3. The van der Waals surface area contributed by atoms with Crippen LogP contribution in [0.3, 0.4) is 0 Å². The Hall–Kier alpha value is -4.09. The number of aryl methyl sites for hydroxylation is 1. The summed E-state index contributed by atoms with van der Waals surface area (Å²) in [4.78, 5) is 39.7. The number of carboxylic acids is 1. The number of rotatable bonds is 13. The Morgan fingerprint density at radius 3 is 2.63 bits per heavy atom. The van der Waals surface area contributed by atoms with Crippen LogP contribution < -0.4 is 10.1 Å². The van der Waals surface area contributed by atoms with Crippen LogP contribution >= 0.6 is 34.5 Å². The minimum atomic E-state index is -0.738. The molecule has 0 radical (unpaired) electrons. The standard InChI is InChI=1S/C40H41Cl2N5O4S/c1-23-18-31(45-40(51-2)27(23)8-4-7-26-12-13-34(48)44-26)30-11-5-10-29(38(30)42)28-9-3-6-25(37(28)41)20-32-39-33(14-16-43-32)52-35(46-39)22-47-17-15-24(21-47)19-36(49)50/h3,5-6,9-11,14,16,18,24,26H,4,7-8,12-13,15,17,19-22H2,1-2H3,(H,44,48)(H,49,50)/t24?,26-/m1/s1. The summed E-state index contributed by atoms with van der Waals surface area (Å²) in [6.07, 6.45) is 7.60. The minimum Gasteiger partial charge on any atom is -0.481 e. The molecule has 2 aliphatic heterocycles. The molecule has 5 aromatic rings. The van der Waals surface area contributed by atoms with Gasteiger partial charge in [-0.15, -0.1) is 11.3 Å². The summed E-state index contributed by atoms with van der Waals surface area (Å²) in [6, 6.07) is 16.2. The predicted molar refractivity (Wildman–Crippen MR) is 206 cm³/mol. The number of amides is 1. The first-order chi connectivity index (χ1) is 25.2. The van der Waals surface area contributed by atoms with E-state index in [0.29, 0.717) is 35.3 Å². The molecule has 2 atom stereocenters. The highest BCUT2D eigenvalue weighted by atomic mass is 35.5. The number of nitrogens with one attached hydrogen (secondary N) is 1. The van der Waals surface area contributed by atoms with Crippen molar-refractivity contribution in [3.8, 4) is 28.3 Å². The number of aromatic nitrogens is 3. The highest BCUT2D eigenvalue weighted by Gasteiger charge is 2.26. The number of carboxylic acid groups (broad SMARTS) is 1. The Bertz CT molecular complexity index is 2140. The summed E-state index contributed by atoms with van der Waals surface area (Å²) < 4.78 is 6.84. The first kappa shape index (κ1) is 36.3. The highest BCUT2D eigenvalue weighted by molar-refractivity contribution is 7.18. The average Bonchev–Trinajstić information content (AvgIpc) is 3.86. The lowest BCUT2D eigenvalue weighted by Crippen LogP contribution is -2.25. The molecule has 9 nitrogen and oxygen atoms in total. The number of fused-ring (bicyclic) bond motifs is 1. The molecule has 0 bridgehead atoms. The van der Waals surface area contributed by atoms with Crippen molar-refractivity contribution in [2.45, 2.75) is 70.9 Å². The number of pyridine rings is 2. The Morgan fingerprint density at radius 2 is 1.87 bits per heavy atom. The molecule has 1 amide bonds. The number of carbonyl (C=O) groups excluding carboxylic acids is 1. The number of halogens is 2. The van der Waals surface area contributed by atoms with Gasteiger partial charge in [0.2, 0.25) is 11.8 Å². The third-order valence-electron chi connectivity index (χ3n) is 10.2. The van der Waals surface area contributed by atoms with Gasteiger partial charge in [-0.05, 0) is 74.8 Å². The zero-order chi connectivity index (χ0) is 36.4. The molecule has 12 heteroatoms. The van der Waals surface area contributed by atoms with Crippen molar-refractivity contribution in [2.75, 3.05) is 20.2 Å². The maximum atomic E-state index is 11.6. The van der Waals surface area contributed by atoms with Gasteiger partial charge < -0.3 is 15.2 Å². The summed E-state index contributed by atoms with van der Waals surface area (Å²) >= 11 is 16.0. The summed E-state index contributed by atoms with van der Waals surface area (Å²) in [5, 5.41) is 14.4. The predicted octanol–water partition coefficient (Wildman–Crippen LogP) is 8.53. The van der Waals surface area contributed by atoms with E-state index in [0.717, 1.165) is 105 Å². The molecule has 1 unspecified atom stereocenters. The molecule has 0 aliphatic carbocycles. The summed E-state index contributed by atoms with van der Waals surface area (Å²) in [6.45, 7) is 4.42. The topological polar surface area (TPSA) is 118 Å². The number of ether oxygens (including phenoxy) is 1. The van der Waals surface area contributed by atoms with Gasteiger partial charge in [-0.1, -0.05) is 59.6 Å². The fourth-order valence-electron chi connectivity index (χ4n) is 7.55. The van der Waals surface area contributed by atoms with Gasteiger partial charge in [-0.3, -0.25) is 19.5 Å². The maximum absolute atomic E-state index is 11.6. The SMILES string of the molecule is COc1nc(-c2cccc(-c3cccc(Cc4nccc5sc(CN6CCC(CC(=O)O)C6)nc45)c3Cl)c2Cl)cc(C)c1CCC[C@@H]1CCC(=O)N1. The zero-order valence-corrected chi connectivity index (χ0v) is 31.6. The van der Waals surface area contributed by atoms with Gasteiger partial charge in [0.05, 0.1) is 39.8 Å². The fraction of sp³-hybridized carbons (Fsp3) is 0.375. The van der Waals surface area contributed by atoms with Gasteiger partial charge in [-0.25, -0.2) is 9.97 Å². The van der Waals surface area contributed by atoms with Crippen LogP contribution in [0.15, 0.2) is 54.7 Å². The molecule has 0 spiro atoms. The number of hydrogen-bond acceptors (Lipinski definition) is 8. The third kappa shape index (κ3) is 7.95. The van der Waals surface area contributed by atoms with Crippen molar-refractivity contribution < 1.29 is 19.4 Å². The van der Waals surface area contributed by atoms with Crippen molar-refractivity contribution in [2.24, 2.45) is 5.92 Å². The Morgan fingerprint density at radius 1 is 1.08 bits per heavy atom. The van der Waals surface area contributed by atoms with Crippen LogP contribution in [-0.4, -0.2) is 63.1 Å². The fourth-order valence-corrected chi connectivity index (χ4v) is 9.20. The Balaban J connectivity index is 1.10. The molecule has 2 aromatic carbocycles. The van der Waals surface area contributed by atoms with E-state index < -0.39 is 5.97 Å². The van der Waals surface area contributed by atoms with Crippen molar-refractivity contribution >= 4 is 56.6 Å². The first-order valence-electron chi connectivity index (χ1n) is 17.7. The van der Waals surface area contributed by atoms with Gasteiger partial charge in [0.15, 0.2) is 0 Å². The molecule has 2 aliphatic rings. The summed E-state index contributed by atoms with van der Waals surface area (Å²) in [5.74, 6) is 0.173. The highest BCUT2D eigenvalue weighted by Crippen LogP contribution is 2.41. The van der Waals surface area contributed by atoms with Crippen LogP contribution in [0.4, 0.5) is 0 Å². The number of benzene rings is 2. The number of methoxy groups -OCH3 is 1. The number of nitrogens with zero attached hydrogens (tertiary/aromatic N) is 4. The van der Waals surface area contributed by atoms with Crippen LogP contribution in [0.5, 0.6) is 5.88 Å². The van der Waals surface area contributed by atoms with Gasteiger partial charge in [-0.2, -0.15) is 0 Å². The molecule has 7 rings (SSSR count). The largest absolute Gasteiger partial charge is 0.481 e. The molecule has 52 heavy (non-hydrogen) atoms. The molecule has 2 saturated heterocycles. The number of aliphatic carboxylic acids is 1. The second-order valence-corrected chi connectivity index (χ2v) is 15.7. The first-order valence-corrected chi connectivity index (χ1v) is 19.3. The van der Waals surface area contributed by atoms with Gasteiger partial charge in [0.1, 0.15) is 10.5 Å². The van der Waals surface area contributed by atoms with Crippen LogP contribution in [0, 0.1) is 12.8 Å². The quantitative estimate of drug-likeness (QED) is 0.123. The van der Waals surface area contributed by atoms with Crippen LogP contribution in [0.25, 0.3) is 32.6 Å². The van der Waals surface area contributed by atoms with Crippen molar-refractivity contribution in [3.05, 3.63) is 92.2 Å². The smallest absolute Gasteiger partial charge is 0.303 e. The molecule has 2 fully saturated rings. The van der Waals surface area contributed by atoms with Crippen LogP contribution in [0.1, 0.15) is 65.9 Å². The third-order valence-corrected chi connectivity index (χ3v) is 12.0. The van der Waals surface area contributed by atoms with Crippen molar-refractivity contribution in [1.29, 1.82) is 0 Å². The Labute approximate surface area is 317 Å². The lowest BCUT2D eigenvalue weighted by Gasteiger charge is -2.17. The summed E-state index contributed by atoms with van der Waals surface area (Å²) in [7, 11) is 1.64. The minimum absolute atomic E-state index is 0.140. The van der Waals surface area contributed by atoms with E-state index in [9.17, 15) is 14.7 Å². The maximum Gasteiger partial charge on any atom is 0.303 e. The number of hydrogen-bond donors (Lipinski definition) is 2. The van der Waals surface area contributed by atoms with E-state index in [1.807, 2.05) is 48.7 Å². The van der Waals surface area contributed by atoms with E-state index >= 15 is 0 Å². The second-order valence-electron chi connectivity index (χ2n) is 13.8. The molecular formula is C40H41Cl2N5O4S. The van der Waals surface area contributed by atoms with Crippen LogP contribution in [0.2, 0.25) is 10.0 Å². The van der Waals surface area contributed by atoms with E-state index in [-0.39, 0.29) is 24.3 Å². The molecule has 5 heterocycles. The number of likely N-dealkylation sites (tertiary alicyclic amines) is 1.